The van der Waals surface area contributed by atoms with E-state index < -0.39 is 9.84 Å². The Morgan fingerprint density at radius 1 is 0.903 bits per heavy atom. The number of aromatic amines is 1. The van der Waals surface area contributed by atoms with E-state index in [9.17, 15) is 13.7 Å². The Balaban J connectivity index is 1.88. The molecule has 31 heavy (non-hydrogen) atoms. The van der Waals surface area contributed by atoms with Crippen molar-refractivity contribution in [2.75, 3.05) is 0 Å². The Kier molecular flexibility index (Phi) is 5.64. The first-order valence-corrected chi connectivity index (χ1v) is 11.2. The lowest BCUT2D eigenvalue weighted by atomic mass is 10.1. The van der Waals surface area contributed by atoms with E-state index in [0.717, 1.165) is 16.5 Å². The molecule has 0 aliphatic carbocycles. The summed E-state index contributed by atoms with van der Waals surface area (Å²) >= 11 is 5.87. The lowest BCUT2D eigenvalue weighted by Gasteiger charge is -2.03. The smallest absolute Gasteiger partial charge is 0.216 e. The predicted octanol–water partition coefficient (Wildman–Crippen LogP) is 5.56. The second-order valence-corrected chi connectivity index (χ2v) is 9.01. The summed E-state index contributed by atoms with van der Waals surface area (Å²) in [6.45, 7) is 0. The zero-order valence-corrected chi connectivity index (χ0v) is 17.7. The number of halogens is 1. The first kappa shape index (κ1) is 20.5. The van der Waals surface area contributed by atoms with Crippen molar-refractivity contribution >= 4 is 38.4 Å². The summed E-state index contributed by atoms with van der Waals surface area (Å²) in [6.07, 6.45) is 1.37. The molecule has 3 aromatic carbocycles. The molecule has 1 N–H and O–H groups in total. The van der Waals surface area contributed by atoms with Gasteiger partial charge in [0.25, 0.3) is 0 Å². The zero-order valence-electron chi connectivity index (χ0n) is 16.1. The standard InChI is InChI=1S/C25H15ClN2O2S/c26-19-11-13-20(14-12-19)31(29,30)21(17-27)16-23-22-8-4-5-9-24(22)28-25(23)15-10-18-6-2-1-3-7-18/h1-9,11-14,16,28H/b21-16+. The molecule has 0 fully saturated rings. The average molecular weight is 443 g/mol. The van der Waals surface area contributed by atoms with Gasteiger partial charge in [-0.1, -0.05) is 53.9 Å². The molecule has 6 heteroatoms. The summed E-state index contributed by atoms with van der Waals surface area (Å²) in [7, 11) is -4.02. The average Bonchev–Trinajstić information content (AvgIpc) is 3.14. The Hall–Kier alpha value is -3.77. The first-order valence-electron chi connectivity index (χ1n) is 9.29. The first-order chi connectivity index (χ1) is 15.0. The van der Waals surface area contributed by atoms with Gasteiger partial charge in [-0.15, -0.1) is 0 Å². The number of sulfone groups is 1. The van der Waals surface area contributed by atoms with Gasteiger partial charge in [-0.2, -0.15) is 5.26 Å². The molecule has 0 aliphatic heterocycles. The van der Waals surface area contributed by atoms with Gasteiger partial charge >= 0.3 is 0 Å². The quantitative estimate of drug-likeness (QED) is 0.333. The number of nitrogens with one attached hydrogen (secondary N) is 1. The molecule has 1 aromatic heterocycles. The van der Waals surface area contributed by atoms with E-state index in [-0.39, 0.29) is 9.80 Å². The molecule has 4 rings (SSSR count). The van der Waals surface area contributed by atoms with Crippen LogP contribution in [-0.4, -0.2) is 13.4 Å². The van der Waals surface area contributed by atoms with Gasteiger partial charge in [-0.25, -0.2) is 8.42 Å². The van der Waals surface area contributed by atoms with Gasteiger partial charge in [-0.05, 0) is 54.5 Å². The maximum absolute atomic E-state index is 13.0. The van der Waals surface area contributed by atoms with Crippen molar-refractivity contribution in [1.29, 1.82) is 5.26 Å². The van der Waals surface area contributed by atoms with Crippen molar-refractivity contribution in [3.8, 4) is 17.9 Å². The van der Waals surface area contributed by atoms with Crippen LogP contribution in [0.2, 0.25) is 5.02 Å². The molecule has 4 nitrogen and oxygen atoms in total. The van der Waals surface area contributed by atoms with Gasteiger partial charge in [0.1, 0.15) is 11.0 Å². The highest BCUT2D eigenvalue weighted by Gasteiger charge is 2.22. The number of benzene rings is 3. The number of hydrogen-bond donors (Lipinski definition) is 1. The number of nitriles is 1. The van der Waals surface area contributed by atoms with Crippen molar-refractivity contribution in [2.24, 2.45) is 0 Å². The van der Waals surface area contributed by atoms with Crippen LogP contribution in [-0.2, 0) is 9.84 Å². The van der Waals surface area contributed by atoms with E-state index >= 15 is 0 Å². The van der Waals surface area contributed by atoms with E-state index in [0.29, 0.717) is 16.3 Å². The van der Waals surface area contributed by atoms with Crippen molar-refractivity contribution in [3.05, 3.63) is 106 Å². The van der Waals surface area contributed by atoms with Crippen LogP contribution in [0.4, 0.5) is 0 Å². The van der Waals surface area contributed by atoms with Gasteiger partial charge in [0.2, 0.25) is 9.84 Å². The maximum Gasteiger partial charge on any atom is 0.216 e. The van der Waals surface area contributed by atoms with Gasteiger partial charge in [0, 0.05) is 27.1 Å². The van der Waals surface area contributed by atoms with Crippen LogP contribution in [0.25, 0.3) is 17.0 Å². The molecule has 0 spiro atoms. The molecule has 0 saturated heterocycles. The van der Waals surface area contributed by atoms with Crippen LogP contribution in [0.1, 0.15) is 16.8 Å². The van der Waals surface area contributed by atoms with Crippen LogP contribution in [0.3, 0.4) is 0 Å². The van der Waals surface area contributed by atoms with Gasteiger partial charge in [0.15, 0.2) is 0 Å². The number of H-pyrrole nitrogens is 1. The predicted molar refractivity (Wildman–Crippen MR) is 123 cm³/mol. The minimum atomic E-state index is -4.02. The third-order valence-electron chi connectivity index (χ3n) is 4.65. The van der Waals surface area contributed by atoms with E-state index in [1.165, 1.54) is 30.3 Å². The number of rotatable bonds is 3. The molecule has 4 aromatic rings. The van der Waals surface area contributed by atoms with E-state index in [1.54, 1.807) is 0 Å². The molecule has 150 valence electrons. The van der Waals surface area contributed by atoms with E-state index in [4.69, 9.17) is 11.6 Å². The third kappa shape index (κ3) is 4.25. The molecular formula is C25H15ClN2O2S. The number of nitrogens with zero attached hydrogens (tertiary/aromatic N) is 1. The van der Waals surface area contributed by atoms with Crippen LogP contribution >= 0.6 is 11.6 Å². The Morgan fingerprint density at radius 3 is 2.29 bits per heavy atom. The monoisotopic (exact) mass is 442 g/mol. The number of fused-ring (bicyclic) bond motifs is 1. The highest BCUT2D eigenvalue weighted by Crippen LogP contribution is 2.28. The molecule has 0 saturated carbocycles. The number of para-hydroxylation sites is 1. The Morgan fingerprint density at radius 2 is 1.58 bits per heavy atom. The van der Waals surface area contributed by atoms with Gasteiger partial charge in [-0.3, -0.25) is 0 Å². The summed E-state index contributed by atoms with van der Waals surface area (Å²) in [5.41, 5.74) is 2.70. The van der Waals surface area contributed by atoms with Crippen molar-refractivity contribution in [2.45, 2.75) is 4.90 Å². The summed E-state index contributed by atoms with van der Waals surface area (Å²) in [6, 6.07) is 24.5. The van der Waals surface area contributed by atoms with Crippen LogP contribution < -0.4 is 0 Å². The van der Waals surface area contributed by atoms with Crippen molar-refractivity contribution < 1.29 is 8.42 Å². The topological polar surface area (TPSA) is 73.7 Å². The summed E-state index contributed by atoms with van der Waals surface area (Å²) < 4.78 is 26.1. The summed E-state index contributed by atoms with van der Waals surface area (Å²) in [5, 5.41) is 10.9. The molecule has 0 unspecified atom stereocenters. The second kappa shape index (κ2) is 8.53. The van der Waals surface area contributed by atoms with Crippen LogP contribution in [0.15, 0.2) is 88.7 Å². The lowest BCUT2D eigenvalue weighted by Crippen LogP contribution is -2.03. The minimum Gasteiger partial charge on any atom is -0.348 e. The third-order valence-corrected chi connectivity index (χ3v) is 6.58. The maximum atomic E-state index is 13.0. The minimum absolute atomic E-state index is 0.00135. The highest BCUT2D eigenvalue weighted by molar-refractivity contribution is 7.95. The lowest BCUT2D eigenvalue weighted by molar-refractivity contribution is 0.603. The highest BCUT2D eigenvalue weighted by atomic mass is 35.5. The fourth-order valence-electron chi connectivity index (χ4n) is 3.11. The largest absolute Gasteiger partial charge is 0.348 e. The second-order valence-electron chi connectivity index (χ2n) is 6.65. The SMILES string of the molecule is N#C/C(=C\c1c(C#Cc2ccccc2)[nH]c2ccccc12)S(=O)(=O)c1ccc(Cl)cc1. The summed E-state index contributed by atoms with van der Waals surface area (Å²) in [5.74, 6) is 6.15. The van der Waals surface area contributed by atoms with Gasteiger partial charge < -0.3 is 4.98 Å². The van der Waals surface area contributed by atoms with E-state index in [1.807, 2.05) is 60.7 Å². The molecule has 1 heterocycles. The number of hydrogen-bond acceptors (Lipinski definition) is 3. The molecule has 0 bridgehead atoms. The summed E-state index contributed by atoms with van der Waals surface area (Å²) in [4.78, 5) is 2.85. The fourth-order valence-corrected chi connectivity index (χ4v) is 4.38. The Labute approximate surface area is 185 Å². The van der Waals surface area contributed by atoms with Crippen molar-refractivity contribution in [1.82, 2.24) is 4.98 Å². The zero-order chi connectivity index (χ0) is 21.8. The molecule has 0 amide bonds. The van der Waals surface area contributed by atoms with Crippen molar-refractivity contribution in [3.63, 3.8) is 0 Å². The van der Waals surface area contributed by atoms with Crippen LogP contribution in [0.5, 0.6) is 0 Å². The number of allylic oxidation sites excluding steroid dienone is 1. The Bertz CT molecular complexity index is 1500. The fraction of sp³-hybridized carbons (Fsp3) is 0. The van der Waals surface area contributed by atoms with Gasteiger partial charge in [0.05, 0.1) is 10.6 Å². The van der Waals surface area contributed by atoms with Crippen LogP contribution in [0, 0.1) is 23.2 Å². The normalized spacial score (nSPS) is 11.5. The van der Waals surface area contributed by atoms with E-state index in [2.05, 4.69) is 16.8 Å². The molecule has 0 aliphatic rings. The molecule has 0 atom stereocenters. The molecular weight excluding hydrogens is 428 g/mol. The molecule has 0 radical (unpaired) electrons. The number of aromatic nitrogens is 1.